The second kappa shape index (κ2) is 8.64. The predicted octanol–water partition coefficient (Wildman–Crippen LogP) is 2.93. The molecule has 0 saturated heterocycles. The minimum absolute atomic E-state index is 0.0360. The third-order valence-electron chi connectivity index (χ3n) is 5.24. The molecule has 9 heteroatoms. The number of aryl methyl sites for hydroxylation is 1. The summed E-state index contributed by atoms with van der Waals surface area (Å²) in [6.07, 6.45) is 9.83. The van der Waals surface area contributed by atoms with Crippen molar-refractivity contribution >= 4 is 17.9 Å². The van der Waals surface area contributed by atoms with Crippen LogP contribution in [0.1, 0.15) is 33.1 Å². The molecule has 2 aliphatic rings. The smallest absolute Gasteiger partial charge is 0.407 e. The van der Waals surface area contributed by atoms with Gasteiger partial charge in [-0.15, -0.1) is 0 Å². The Morgan fingerprint density at radius 3 is 2.97 bits per heavy atom. The van der Waals surface area contributed by atoms with E-state index in [0.29, 0.717) is 18.4 Å². The molecule has 0 radical (unpaired) electrons. The number of carbonyl (C=O) groups excluding carboxylic acids is 1. The maximum atomic E-state index is 11.8. The summed E-state index contributed by atoms with van der Waals surface area (Å²) in [6.45, 7) is 4.49. The second-order valence-corrected chi connectivity index (χ2v) is 8.05. The second-order valence-electron chi connectivity index (χ2n) is 8.05. The van der Waals surface area contributed by atoms with Crippen LogP contribution in [0.4, 0.5) is 10.7 Å². The molecule has 4 rings (SSSR count). The number of amides is 1. The van der Waals surface area contributed by atoms with Crippen LogP contribution in [0.2, 0.25) is 0 Å². The Bertz CT molecular complexity index is 979. The van der Waals surface area contributed by atoms with Crippen LogP contribution in [-0.4, -0.2) is 50.4 Å². The fourth-order valence-corrected chi connectivity index (χ4v) is 3.82. The Balaban J connectivity index is 1.34. The Hall–Kier alpha value is -3.23. The van der Waals surface area contributed by atoms with E-state index in [1.165, 1.54) is 5.57 Å². The van der Waals surface area contributed by atoms with Crippen LogP contribution in [0.15, 0.2) is 41.3 Å². The van der Waals surface area contributed by atoms with Crippen molar-refractivity contribution in [3.63, 3.8) is 0 Å². The summed E-state index contributed by atoms with van der Waals surface area (Å²) < 4.78 is 7.28. The largest absolute Gasteiger partial charge is 0.446 e. The average molecular weight is 409 g/mol. The standard InChI is InChI=1S/C21H27N7O2/c1-13(2)25-21(29)30-17-5-4-14(8-17)15-9-19(23-10-15)27-20-22-7-6-18(26-20)16-11-24-28(3)12-16/h6-7,9,11-14,17H,4-5,8,10H2,1-3H3,(H,25,29)(H,22,23,26,27)/t14-,17+/m0/s1. The molecule has 0 unspecified atom stereocenters. The molecule has 1 saturated carbocycles. The molecule has 3 heterocycles. The van der Waals surface area contributed by atoms with Gasteiger partial charge in [0, 0.05) is 31.0 Å². The number of anilines is 1. The number of amidine groups is 1. The lowest BCUT2D eigenvalue weighted by Gasteiger charge is -2.15. The number of alkyl carbamates (subject to hydrolysis) is 1. The Labute approximate surface area is 175 Å². The van der Waals surface area contributed by atoms with Gasteiger partial charge in [0.2, 0.25) is 5.95 Å². The highest BCUT2D eigenvalue weighted by atomic mass is 16.6. The van der Waals surface area contributed by atoms with E-state index < -0.39 is 0 Å². The van der Waals surface area contributed by atoms with Gasteiger partial charge in [-0.3, -0.25) is 9.67 Å². The fourth-order valence-electron chi connectivity index (χ4n) is 3.82. The van der Waals surface area contributed by atoms with Crippen LogP contribution in [0, 0.1) is 5.92 Å². The van der Waals surface area contributed by atoms with E-state index in [2.05, 4.69) is 36.8 Å². The summed E-state index contributed by atoms with van der Waals surface area (Å²) in [6, 6.07) is 1.93. The van der Waals surface area contributed by atoms with Gasteiger partial charge in [0.05, 0.1) is 18.4 Å². The van der Waals surface area contributed by atoms with Gasteiger partial charge < -0.3 is 15.4 Å². The Morgan fingerprint density at radius 2 is 2.20 bits per heavy atom. The van der Waals surface area contributed by atoms with E-state index in [-0.39, 0.29) is 18.2 Å². The molecule has 30 heavy (non-hydrogen) atoms. The Kier molecular flexibility index (Phi) is 5.78. The molecule has 2 N–H and O–H groups in total. The minimum atomic E-state index is -0.333. The zero-order chi connectivity index (χ0) is 21.1. The topological polar surface area (TPSA) is 106 Å². The highest BCUT2D eigenvalue weighted by Crippen LogP contribution is 2.34. The first-order chi connectivity index (χ1) is 14.5. The van der Waals surface area contributed by atoms with Crippen LogP contribution in [0.25, 0.3) is 11.3 Å². The van der Waals surface area contributed by atoms with E-state index in [4.69, 9.17) is 4.74 Å². The summed E-state index contributed by atoms with van der Waals surface area (Å²) in [5.41, 5.74) is 3.00. The summed E-state index contributed by atoms with van der Waals surface area (Å²) in [5.74, 6) is 1.65. The third kappa shape index (κ3) is 4.84. The fraction of sp³-hybridized carbons (Fsp3) is 0.476. The molecule has 0 bridgehead atoms. The van der Waals surface area contributed by atoms with Gasteiger partial charge in [-0.2, -0.15) is 5.10 Å². The number of hydrogen-bond acceptors (Lipinski definition) is 7. The average Bonchev–Trinajstić information content (AvgIpc) is 3.42. The van der Waals surface area contributed by atoms with Crippen molar-refractivity contribution < 1.29 is 9.53 Å². The molecule has 1 aliphatic heterocycles. The van der Waals surface area contributed by atoms with E-state index in [0.717, 1.165) is 36.4 Å². The van der Waals surface area contributed by atoms with E-state index >= 15 is 0 Å². The highest BCUT2D eigenvalue weighted by molar-refractivity contribution is 6.04. The summed E-state index contributed by atoms with van der Waals surface area (Å²) in [7, 11) is 1.87. The molecule has 0 aromatic carbocycles. The number of aliphatic imine (C=N–C) groups is 1. The zero-order valence-electron chi connectivity index (χ0n) is 17.5. The van der Waals surface area contributed by atoms with Crippen molar-refractivity contribution in [3.8, 4) is 11.3 Å². The van der Waals surface area contributed by atoms with Crippen molar-refractivity contribution in [1.29, 1.82) is 0 Å². The molecule has 1 fully saturated rings. The number of nitrogens with zero attached hydrogens (tertiary/aromatic N) is 5. The molecule has 0 spiro atoms. The van der Waals surface area contributed by atoms with Crippen LogP contribution in [0.3, 0.4) is 0 Å². The molecule has 1 aliphatic carbocycles. The van der Waals surface area contributed by atoms with Crippen molar-refractivity contribution in [1.82, 2.24) is 25.1 Å². The van der Waals surface area contributed by atoms with Crippen molar-refractivity contribution in [2.75, 3.05) is 11.9 Å². The zero-order valence-corrected chi connectivity index (χ0v) is 17.5. The molecule has 9 nitrogen and oxygen atoms in total. The van der Waals surface area contributed by atoms with Gasteiger partial charge in [0.15, 0.2) is 0 Å². The molecule has 1 amide bonds. The first kappa shape index (κ1) is 20.1. The van der Waals surface area contributed by atoms with Crippen molar-refractivity contribution in [2.24, 2.45) is 18.0 Å². The number of aromatic nitrogens is 4. The number of carbonyl (C=O) groups is 1. The maximum absolute atomic E-state index is 11.8. The number of nitrogens with one attached hydrogen (secondary N) is 2. The van der Waals surface area contributed by atoms with E-state index in [1.807, 2.05) is 33.2 Å². The number of rotatable bonds is 5. The van der Waals surface area contributed by atoms with Gasteiger partial charge in [0.25, 0.3) is 0 Å². The highest BCUT2D eigenvalue weighted by Gasteiger charge is 2.31. The van der Waals surface area contributed by atoms with Gasteiger partial charge in [-0.05, 0) is 56.7 Å². The first-order valence-electron chi connectivity index (χ1n) is 10.3. The quantitative estimate of drug-likeness (QED) is 0.786. The van der Waals surface area contributed by atoms with Gasteiger partial charge in [-0.25, -0.2) is 14.8 Å². The molecule has 2 aromatic rings. The molecular formula is C21H27N7O2. The maximum Gasteiger partial charge on any atom is 0.407 e. The predicted molar refractivity (Wildman–Crippen MR) is 114 cm³/mol. The van der Waals surface area contributed by atoms with E-state index in [1.54, 1.807) is 17.1 Å². The Morgan fingerprint density at radius 1 is 1.33 bits per heavy atom. The summed E-state index contributed by atoms with van der Waals surface area (Å²) in [5, 5.41) is 10.2. The lowest BCUT2D eigenvalue weighted by Crippen LogP contribution is -2.33. The lowest BCUT2D eigenvalue weighted by molar-refractivity contribution is 0.0975. The molecule has 2 atom stereocenters. The third-order valence-corrected chi connectivity index (χ3v) is 5.24. The van der Waals surface area contributed by atoms with Crippen LogP contribution in [-0.2, 0) is 11.8 Å². The van der Waals surface area contributed by atoms with Gasteiger partial charge >= 0.3 is 6.09 Å². The number of hydrogen-bond donors (Lipinski definition) is 2. The summed E-state index contributed by atoms with van der Waals surface area (Å²) >= 11 is 0. The summed E-state index contributed by atoms with van der Waals surface area (Å²) in [4.78, 5) is 25.3. The van der Waals surface area contributed by atoms with E-state index in [9.17, 15) is 4.79 Å². The minimum Gasteiger partial charge on any atom is -0.446 e. The molecule has 2 aromatic heterocycles. The van der Waals surface area contributed by atoms with Crippen molar-refractivity contribution in [3.05, 3.63) is 36.3 Å². The lowest BCUT2D eigenvalue weighted by atomic mass is 9.98. The first-order valence-corrected chi connectivity index (χ1v) is 10.3. The van der Waals surface area contributed by atoms with Crippen molar-refractivity contribution in [2.45, 2.75) is 45.3 Å². The molecular weight excluding hydrogens is 382 g/mol. The SMILES string of the molecule is CC(C)NC(=O)O[C@@H]1CC[C@H](C2=CC(Nc3nccc(-c4cnn(C)c4)n3)=NC2)C1. The van der Waals surface area contributed by atoms with Gasteiger partial charge in [0.1, 0.15) is 11.9 Å². The molecule has 158 valence electrons. The van der Waals surface area contributed by atoms with Crippen LogP contribution < -0.4 is 10.6 Å². The monoisotopic (exact) mass is 409 g/mol. The van der Waals surface area contributed by atoms with Gasteiger partial charge in [-0.1, -0.05) is 0 Å². The van der Waals surface area contributed by atoms with Crippen LogP contribution in [0.5, 0.6) is 0 Å². The van der Waals surface area contributed by atoms with Crippen LogP contribution >= 0.6 is 0 Å². The normalized spacial score (nSPS) is 20.8. The number of ether oxygens (including phenoxy) is 1.